The van der Waals surface area contributed by atoms with Gasteiger partial charge >= 0.3 is 0 Å². The van der Waals surface area contributed by atoms with Gasteiger partial charge in [-0.05, 0) is 43.3 Å². The standard InChI is InChI=1S/C19H18N6OS/c20-7-3-9-25-12-22-15-10-13(5-6-17(15)25)18(26)24-19-23-16(11-27-19)14-4-1-2-8-21-14/h1-2,4-6,8,10-12H,3,7,9,20H2,(H,23,24,26). The van der Waals surface area contributed by atoms with Gasteiger partial charge in [0.1, 0.15) is 5.69 Å². The normalized spacial score (nSPS) is 11.0. The summed E-state index contributed by atoms with van der Waals surface area (Å²) in [5, 5.41) is 5.26. The van der Waals surface area contributed by atoms with Gasteiger partial charge < -0.3 is 10.3 Å². The largest absolute Gasteiger partial charge is 0.331 e. The summed E-state index contributed by atoms with van der Waals surface area (Å²) in [6, 6.07) is 11.1. The minimum atomic E-state index is -0.213. The molecule has 8 heteroatoms. The molecule has 7 nitrogen and oxygen atoms in total. The second kappa shape index (κ2) is 7.65. The maximum absolute atomic E-state index is 12.6. The van der Waals surface area contributed by atoms with Crippen LogP contribution in [0.2, 0.25) is 0 Å². The number of hydrogen-bond acceptors (Lipinski definition) is 6. The van der Waals surface area contributed by atoms with Crippen LogP contribution in [-0.4, -0.2) is 32.0 Å². The number of rotatable bonds is 6. The number of amides is 1. The summed E-state index contributed by atoms with van der Waals surface area (Å²) < 4.78 is 2.05. The molecular weight excluding hydrogens is 360 g/mol. The van der Waals surface area contributed by atoms with E-state index in [9.17, 15) is 4.79 Å². The van der Waals surface area contributed by atoms with Gasteiger partial charge in [0.25, 0.3) is 5.91 Å². The third-order valence-electron chi connectivity index (χ3n) is 4.14. The first kappa shape index (κ1) is 17.3. The minimum absolute atomic E-state index is 0.213. The van der Waals surface area contributed by atoms with Crippen molar-refractivity contribution in [3.63, 3.8) is 0 Å². The number of aromatic nitrogens is 4. The van der Waals surface area contributed by atoms with Crippen molar-refractivity contribution in [3.05, 3.63) is 59.9 Å². The molecule has 1 amide bonds. The number of carbonyl (C=O) groups excluding carboxylic acids is 1. The molecule has 0 radical (unpaired) electrons. The molecule has 136 valence electrons. The predicted molar refractivity (Wildman–Crippen MR) is 107 cm³/mol. The first-order valence-electron chi connectivity index (χ1n) is 8.58. The number of fused-ring (bicyclic) bond motifs is 1. The Hall–Kier alpha value is -3.10. The Balaban J connectivity index is 1.51. The highest BCUT2D eigenvalue weighted by atomic mass is 32.1. The lowest BCUT2D eigenvalue weighted by molar-refractivity contribution is 0.102. The van der Waals surface area contributed by atoms with Crippen LogP contribution in [0.4, 0.5) is 5.13 Å². The summed E-state index contributed by atoms with van der Waals surface area (Å²) in [6.45, 7) is 1.45. The van der Waals surface area contributed by atoms with Gasteiger partial charge in [0, 0.05) is 23.7 Å². The number of anilines is 1. The fraction of sp³-hybridized carbons (Fsp3) is 0.158. The van der Waals surface area contributed by atoms with E-state index in [1.807, 2.05) is 34.2 Å². The van der Waals surface area contributed by atoms with Gasteiger partial charge in [0.15, 0.2) is 5.13 Å². The first-order valence-corrected chi connectivity index (χ1v) is 9.46. The molecule has 3 N–H and O–H groups in total. The summed E-state index contributed by atoms with van der Waals surface area (Å²) in [7, 11) is 0. The number of carbonyl (C=O) groups is 1. The van der Waals surface area contributed by atoms with E-state index in [1.54, 1.807) is 24.7 Å². The summed E-state index contributed by atoms with van der Waals surface area (Å²) in [6.07, 6.45) is 4.38. The van der Waals surface area contributed by atoms with Crippen LogP contribution in [0.5, 0.6) is 0 Å². The quantitative estimate of drug-likeness (QED) is 0.537. The van der Waals surface area contributed by atoms with E-state index in [2.05, 4.69) is 20.3 Å². The van der Waals surface area contributed by atoms with Gasteiger partial charge in [0.2, 0.25) is 0 Å². The highest BCUT2D eigenvalue weighted by Gasteiger charge is 2.12. The van der Waals surface area contributed by atoms with Crippen LogP contribution in [-0.2, 0) is 6.54 Å². The third kappa shape index (κ3) is 3.71. The molecule has 1 aromatic carbocycles. The van der Waals surface area contributed by atoms with E-state index in [4.69, 9.17) is 5.73 Å². The number of hydrogen-bond donors (Lipinski definition) is 2. The summed E-state index contributed by atoms with van der Waals surface area (Å²) in [5.74, 6) is -0.213. The van der Waals surface area contributed by atoms with Gasteiger partial charge in [-0.2, -0.15) is 0 Å². The molecule has 0 aliphatic carbocycles. The minimum Gasteiger partial charge on any atom is -0.331 e. The number of imidazole rings is 1. The molecule has 3 heterocycles. The number of pyridine rings is 1. The lowest BCUT2D eigenvalue weighted by Gasteiger charge is -2.04. The molecule has 27 heavy (non-hydrogen) atoms. The van der Waals surface area contributed by atoms with Gasteiger partial charge in [0.05, 0.1) is 23.1 Å². The van der Waals surface area contributed by atoms with Crippen LogP contribution in [0, 0.1) is 0 Å². The smallest absolute Gasteiger partial charge is 0.257 e. The second-order valence-electron chi connectivity index (χ2n) is 5.99. The van der Waals surface area contributed by atoms with Crippen LogP contribution in [0.1, 0.15) is 16.8 Å². The van der Waals surface area contributed by atoms with Crippen LogP contribution in [0.25, 0.3) is 22.4 Å². The van der Waals surface area contributed by atoms with Crippen molar-refractivity contribution in [3.8, 4) is 11.4 Å². The third-order valence-corrected chi connectivity index (χ3v) is 4.90. The predicted octanol–water partition coefficient (Wildman–Crippen LogP) is 3.16. The Morgan fingerprint density at radius 1 is 1.19 bits per heavy atom. The van der Waals surface area contributed by atoms with E-state index >= 15 is 0 Å². The van der Waals surface area contributed by atoms with Crippen molar-refractivity contribution in [2.75, 3.05) is 11.9 Å². The molecule has 0 aliphatic heterocycles. The Morgan fingerprint density at radius 2 is 2.11 bits per heavy atom. The number of benzene rings is 1. The molecule has 4 aromatic rings. The first-order chi connectivity index (χ1) is 13.2. The van der Waals surface area contributed by atoms with Crippen molar-refractivity contribution in [1.82, 2.24) is 19.5 Å². The van der Waals surface area contributed by atoms with Gasteiger partial charge in [-0.25, -0.2) is 9.97 Å². The maximum Gasteiger partial charge on any atom is 0.257 e. The highest BCUT2D eigenvalue weighted by molar-refractivity contribution is 7.14. The molecule has 0 aliphatic rings. The Bertz CT molecular complexity index is 1070. The van der Waals surface area contributed by atoms with E-state index in [-0.39, 0.29) is 5.91 Å². The van der Waals surface area contributed by atoms with Crippen LogP contribution >= 0.6 is 11.3 Å². The fourth-order valence-corrected chi connectivity index (χ4v) is 3.48. The highest BCUT2D eigenvalue weighted by Crippen LogP contribution is 2.24. The lowest BCUT2D eigenvalue weighted by atomic mass is 10.2. The van der Waals surface area contributed by atoms with Gasteiger partial charge in [-0.1, -0.05) is 6.07 Å². The molecule has 0 saturated carbocycles. The Labute approximate surface area is 159 Å². The number of nitrogens with zero attached hydrogens (tertiary/aromatic N) is 4. The Kier molecular flexibility index (Phi) is 4.91. The molecule has 0 unspecified atom stereocenters. The molecule has 0 saturated heterocycles. The monoisotopic (exact) mass is 378 g/mol. The van der Waals surface area contributed by atoms with Crippen LogP contribution in [0.3, 0.4) is 0 Å². The topological polar surface area (TPSA) is 98.7 Å². The molecule has 4 rings (SSSR count). The second-order valence-corrected chi connectivity index (χ2v) is 6.85. The number of nitrogens with two attached hydrogens (primary N) is 1. The SMILES string of the molecule is NCCCn1cnc2cc(C(=O)Nc3nc(-c4ccccn4)cs3)ccc21. The van der Waals surface area contributed by atoms with Crippen molar-refractivity contribution >= 4 is 33.4 Å². The maximum atomic E-state index is 12.6. The molecule has 3 aromatic heterocycles. The zero-order chi connectivity index (χ0) is 18.6. The summed E-state index contributed by atoms with van der Waals surface area (Å²) >= 11 is 1.37. The van der Waals surface area contributed by atoms with E-state index in [0.29, 0.717) is 17.2 Å². The molecule has 0 atom stereocenters. The average molecular weight is 378 g/mol. The molecule has 0 spiro atoms. The number of aryl methyl sites for hydroxylation is 1. The van der Waals surface area contributed by atoms with Crippen molar-refractivity contribution in [2.24, 2.45) is 5.73 Å². The molecular formula is C19H18N6OS. The van der Waals surface area contributed by atoms with E-state index in [1.165, 1.54) is 11.3 Å². The summed E-state index contributed by atoms with van der Waals surface area (Å²) in [5.41, 5.74) is 9.41. The van der Waals surface area contributed by atoms with E-state index in [0.717, 1.165) is 35.4 Å². The van der Waals surface area contributed by atoms with Crippen molar-refractivity contribution < 1.29 is 4.79 Å². The number of nitrogens with one attached hydrogen (secondary N) is 1. The fourth-order valence-electron chi connectivity index (χ4n) is 2.78. The lowest BCUT2D eigenvalue weighted by Crippen LogP contribution is -2.11. The zero-order valence-electron chi connectivity index (χ0n) is 14.5. The molecule has 0 fully saturated rings. The van der Waals surface area contributed by atoms with Gasteiger partial charge in [-0.15, -0.1) is 11.3 Å². The van der Waals surface area contributed by atoms with Crippen LogP contribution in [0.15, 0.2) is 54.3 Å². The zero-order valence-corrected chi connectivity index (χ0v) is 15.3. The van der Waals surface area contributed by atoms with Crippen molar-refractivity contribution in [1.29, 1.82) is 0 Å². The van der Waals surface area contributed by atoms with Gasteiger partial charge in [-0.3, -0.25) is 15.1 Å². The van der Waals surface area contributed by atoms with E-state index < -0.39 is 0 Å². The molecule has 0 bridgehead atoms. The summed E-state index contributed by atoms with van der Waals surface area (Å²) in [4.78, 5) is 25.7. The van der Waals surface area contributed by atoms with Crippen molar-refractivity contribution in [2.45, 2.75) is 13.0 Å². The average Bonchev–Trinajstić information content (AvgIpc) is 3.33. The Morgan fingerprint density at radius 3 is 2.93 bits per heavy atom. The number of thiazole rings is 1. The van der Waals surface area contributed by atoms with Crippen LogP contribution < -0.4 is 11.1 Å².